The highest BCUT2D eigenvalue weighted by molar-refractivity contribution is 9.10. The average Bonchev–Trinajstić information content (AvgIpc) is 2.89. The smallest absolute Gasteiger partial charge is 0.169 e. The van der Waals surface area contributed by atoms with E-state index in [2.05, 4.69) is 25.9 Å². The Kier molecular flexibility index (Phi) is 3.54. The summed E-state index contributed by atoms with van der Waals surface area (Å²) in [5, 5.41) is 2.74. The van der Waals surface area contributed by atoms with Crippen LogP contribution in [0.3, 0.4) is 0 Å². The number of benzene rings is 1. The minimum atomic E-state index is -0.364. The fourth-order valence-corrected chi connectivity index (χ4v) is 2.87. The lowest BCUT2D eigenvalue weighted by Gasteiger charge is -2.08. The summed E-state index contributed by atoms with van der Waals surface area (Å²) in [5.41, 5.74) is 5.86. The Morgan fingerprint density at radius 1 is 1.30 bits per heavy atom. The van der Waals surface area contributed by atoms with Gasteiger partial charge in [0.05, 0.1) is 9.86 Å². The van der Waals surface area contributed by atoms with Crippen LogP contribution in [0.4, 0.5) is 10.2 Å². The normalized spacial score (nSPS) is 10.9. The minimum Gasteiger partial charge on any atom is -0.484 e. The molecule has 20 heavy (non-hydrogen) atoms. The van der Waals surface area contributed by atoms with Crippen molar-refractivity contribution in [2.75, 3.05) is 5.73 Å². The van der Waals surface area contributed by atoms with Crippen LogP contribution in [0.2, 0.25) is 0 Å². The Bertz CT molecular complexity index is 777. The summed E-state index contributed by atoms with van der Waals surface area (Å²) in [6, 6.07) is 6.12. The van der Waals surface area contributed by atoms with Crippen LogP contribution in [0, 0.1) is 5.82 Å². The molecule has 0 aliphatic heterocycles. The molecule has 0 aliphatic carbocycles. The third kappa shape index (κ3) is 2.59. The molecule has 2 heterocycles. The van der Waals surface area contributed by atoms with Gasteiger partial charge in [-0.2, -0.15) is 0 Å². The van der Waals surface area contributed by atoms with Crippen LogP contribution in [0.15, 0.2) is 34.1 Å². The van der Waals surface area contributed by atoms with Gasteiger partial charge in [-0.15, -0.1) is 11.3 Å². The highest BCUT2D eigenvalue weighted by atomic mass is 79.9. The average molecular weight is 354 g/mol. The lowest BCUT2D eigenvalue weighted by Crippen LogP contribution is -2.04. The monoisotopic (exact) mass is 353 g/mol. The number of rotatable bonds is 3. The predicted octanol–water partition coefficient (Wildman–Crippen LogP) is 3.75. The molecule has 4 nitrogen and oxygen atoms in total. The van der Waals surface area contributed by atoms with Crippen LogP contribution in [0.5, 0.6) is 5.75 Å². The number of thiophene rings is 1. The first-order valence-electron chi connectivity index (χ1n) is 5.71. The van der Waals surface area contributed by atoms with E-state index in [-0.39, 0.29) is 12.4 Å². The number of fused-ring (bicyclic) bond motifs is 1. The second-order valence-corrected chi connectivity index (χ2v) is 5.78. The topological polar surface area (TPSA) is 61.0 Å². The van der Waals surface area contributed by atoms with Crippen LogP contribution in [0.25, 0.3) is 10.2 Å². The van der Waals surface area contributed by atoms with Gasteiger partial charge >= 0.3 is 0 Å². The van der Waals surface area contributed by atoms with Crippen molar-refractivity contribution in [1.82, 2.24) is 9.97 Å². The van der Waals surface area contributed by atoms with Crippen molar-refractivity contribution in [3.63, 3.8) is 0 Å². The van der Waals surface area contributed by atoms with Crippen LogP contribution < -0.4 is 10.5 Å². The molecule has 0 fully saturated rings. The number of halogens is 2. The highest BCUT2D eigenvalue weighted by Gasteiger charge is 2.08. The molecule has 0 bridgehead atoms. The minimum absolute atomic E-state index is 0.125. The van der Waals surface area contributed by atoms with E-state index in [0.717, 1.165) is 10.2 Å². The first-order chi connectivity index (χ1) is 9.63. The van der Waals surface area contributed by atoms with E-state index in [9.17, 15) is 4.39 Å². The number of nitrogen functional groups attached to an aromatic ring is 1. The molecule has 1 aromatic carbocycles. The molecule has 0 atom stereocenters. The van der Waals surface area contributed by atoms with Gasteiger partial charge in [0.25, 0.3) is 0 Å². The van der Waals surface area contributed by atoms with Crippen molar-refractivity contribution >= 4 is 43.3 Å². The van der Waals surface area contributed by atoms with Gasteiger partial charge in [-0.1, -0.05) is 0 Å². The molecule has 0 unspecified atom stereocenters. The molecule has 102 valence electrons. The molecule has 2 aromatic heterocycles. The Morgan fingerprint density at radius 3 is 3.00 bits per heavy atom. The summed E-state index contributed by atoms with van der Waals surface area (Å²) in [7, 11) is 0. The zero-order valence-electron chi connectivity index (χ0n) is 10.1. The maximum absolute atomic E-state index is 13.2. The third-order valence-electron chi connectivity index (χ3n) is 2.65. The number of ether oxygens (including phenoxy) is 1. The summed E-state index contributed by atoms with van der Waals surface area (Å²) >= 11 is 4.78. The Morgan fingerprint density at radius 2 is 2.15 bits per heavy atom. The zero-order valence-corrected chi connectivity index (χ0v) is 12.5. The molecule has 0 saturated carbocycles. The van der Waals surface area contributed by atoms with E-state index in [4.69, 9.17) is 10.5 Å². The van der Waals surface area contributed by atoms with E-state index in [1.165, 1.54) is 23.5 Å². The molecule has 0 saturated heterocycles. The maximum atomic E-state index is 13.2. The first-order valence-corrected chi connectivity index (χ1v) is 7.38. The van der Waals surface area contributed by atoms with E-state index >= 15 is 0 Å². The van der Waals surface area contributed by atoms with Gasteiger partial charge in [0.1, 0.15) is 28.8 Å². The molecule has 0 aliphatic rings. The van der Waals surface area contributed by atoms with E-state index in [1.807, 2.05) is 11.4 Å². The van der Waals surface area contributed by atoms with E-state index in [0.29, 0.717) is 21.9 Å². The molecular weight excluding hydrogens is 345 g/mol. The van der Waals surface area contributed by atoms with Gasteiger partial charge in [-0.25, -0.2) is 14.4 Å². The summed E-state index contributed by atoms with van der Waals surface area (Å²) in [4.78, 5) is 9.35. The molecule has 0 spiro atoms. The number of nitrogens with zero attached hydrogens (tertiary/aromatic N) is 2. The highest BCUT2D eigenvalue weighted by Crippen LogP contribution is 2.27. The summed E-state index contributed by atoms with van der Waals surface area (Å²) in [6.45, 7) is 0.125. The van der Waals surface area contributed by atoms with Gasteiger partial charge in [0.2, 0.25) is 0 Å². The molecule has 3 aromatic rings. The Balaban J connectivity index is 1.84. The molecule has 0 radical (unpaired) electrons. The van der Waals surface area contributed by atoms with Crippen molar-refractivity contribution in [3.05, 3.63) is 45.8 Å². The first kappa shape index (κ1) is 13.3. The number of anilines is 1. The molecule has 3 rings (SSSR count). The van der Waals surface area contributed by atoms with Crippen LogP contribution >= 0.6 is 27.3 Å². The van der Waals surface area contributed by atoms with Gasteiger partial charge < -0.3 is 10.5 Å². The van der Waals surface area contributed by atoms with Crippen molar-refractivity contribution in [2.45, 2.75) is 6.61 Å². The zero-order chi connectivity index (χ0) is 14.1. The Hall–Kier alpha value is -1.73. The van der Waals surface area contributed by atoms with Gasteiger partial charge in [-0.3, -0.25) is 0 Å². The number of hydrogen-bond donors (Lipinski definition) is 1. The quantitative estimate of drug-likeness (QED) is 0.778. The Labute approximate surface area is 126 Å². The van der Waals surface area contributed by atoms with Gasteiger partial charge in [0.15, 0.2) is 5.82 Å². The molecule has 2 N–H and O–H groups in total. The van der Waals surface area contributed by atoms with Crippen LogP contribution in [-0.2, 0) is 6.61 Å². The summed E-state index contributed by atoms with van der Waals surface area (Å²) in [5.74, 6) is 0.928. The second-order valence-electron chi connectivity index (χ2n) is 4.03. The van der Waals surface area contributed by atoms with Crippen molar-refractivity contribution in [3.8, 4) is 5.75 Å². The van der Waals surface area contributed by atoms with Gasteiger partial charge in [0, 0.05) is 6.07 Å². The summed E-state index contributed by atoms with van der Waals surface area (Å²) in [6.07, 6.45) is 0. The molecular formula is C13H9BrFN3OS. The maximum Gasteiger partial charge on any atom is 0.169 e. The van der Waals surface area contributed by atoms with Crippen molar-refractivity contribution in [2.24, 2.45) is 0 Å². The third-order valence-corrected chi connectivity index (χ3v) is 4.11. The molecule has 7 heteroatoms. The van der Waals surface area contributed by atoms with Gasteiger partial charge in [-0.05, 0) is 39.5 Å². The largest absolute Gasteiger partial charge is 0.484 e. The van der Waals surface area contributed by atoms with Crippen molar-refractivity contribution in [1.29, 1.82) is 0 Å². The molecule has 0 amide bonds. The van der Waals surface area contributed by atoms with Crippen LogP contribution in [0.1, 0.15) is 5.82 Å². The number of hydrogen-bond acceptors (Lipinski definition) is 5. The summed E-state index contributed by atoms with van der Waals surface area (Å²) < 4.78 is 19.3. The fourth-order valence-electron chi connectivity index (χ4n) is 1.72. The number of nitrogens with two attached hydrogens (primary N) is 1. The SMILES string of the molecule is Nc1nc(COc2cc(F)ccc2Br)nc2sccc12. The van der Waals surface area contributed by atoms with Crippen LogP contribution in [-0.4, -0.2) is 9.97 Å². The lowest BCUT2D eigenvalue weighted by molar-refractivity contribution is 0.293. The van der Waals surface area contributed by atoms with E-state index in [1.54, 1.807) is 6.07 Å². The fraction of sp³-hybridized carbons (Fsp3) is 0.0769. The van der Waals surface area contributed by atoms with Crippen molar-refractivity contribution < 1.29 is 9.13 Å². The lowest BCUT2D eigenvalue weighted by atomic mass is 10.3. The predicted molar refractivity (Wildman–Crippen MR) is 80.3 cm³/mol. The second kappa shape index (κ2) is 5.34. The van der Waals surface area contributed by atoms with E-state index < -0.39 is 0 Å². The standard InChI is InChI=1S/C13H9BrFN3OS/c14-9-2-1-7(15)5-10(9)19-6-11-17-12(16)8-3-4-20-13(8)18-11/h1-5H,6H2,(H2,16,17,18). The number of aromatic nitrogens is 2.